The van der Waals surface area contributed by atoms with Gasteiger partial charge in [-0.1, -0.05) is 53.7 Å². The van der Waals surface area contributed by atoms with Crippen LogP contribution in [0.4, 0.5) is 18.9 Å². The Morgan fingerprint density at radius 1 is 1.00 bits per heavy atom. The van der Waals surface area contributed by atoms with E-state index in [4.69, 9.17) is 4.52 Å². The van der Waals surface area contributed by atoms with E-state index in [-0.39, 0.29) is 24.4 Å². The molecule has 1 N–H and O–H groups in total. The van der Waals surface area contributed by atoms with E-state index in [1.807, 2.05) is 42.5 Å². The van der Waals surface area contributed by atoms with Gasteiger partial charge in [0.2, 0.25) is 17.6 Å². The van der Waals surface area contributed by atoms with E-state index < -0.39 is 17.6 Å². The van der Waals surface area contributed by atoms with Gasteiger partial charge in [0, 0.05) is 24.1 Å². The van der Waals surface area contributed by atoms with Crippen molar-refractivity contribution in [2.75, 3.05) is 5.32 Å². The molecule has 0 aliphatic carbocycles. The van der Waals surface area contributed by atoms with Crippen LogP contribution in [-0.4, -0.2) is 16.0 Å². The number of anilines is 1. The summed E-state index contributed by atoms with van der Waals surface area (Å²) < 4.78 is 43.6. The van der Waals surface area contributed by atoms with Crippen LogP contribution in [0.1, 0.15) is 17.9 Å². The largest absolute Gasteiger partial charge is 0.416 e. The Morgan fingerprint density at radius 2 is 1.77 bits per heavy atom. The molecule has 0 saturated carbocycles. The van der Waals surface area contributed by atoms with E-state index in [0.717, 1.165) is 28.5 Å². The first-order valence-electron chi connectivity index (χ1n) is 9.18. The fraction of sp³-hybridized carbons (Fsp3) is 0.136. The van der Waals surface area contributed by atoms with Gasteiger partial charge in [0.25, 0.3) is 0 Å². The van der Waals surface area contributed by atoms with Gasteiger partial charge in [0.05, 0.1) is 5.56 Å². The number of nitrogens with zero attached hydrogens (tertiary/aromatic N) is 2. The average Bonchev–Trinajstić information content (AvgIpc) is 3.20. The van der Waals surface area contributed by atoms with Gasteiger partial charge in [0.15, 0.2) is 0 Å². The third-order valence-corrected chi connectivity index (χ3v) is 4.54. The maximum Gasteiger partial charge on any atom is 0.416 e. The molecule has 0 aliphatic rings. The molecule has 4 aromatic rings. The van der Waals surface area contributed by atoms with Gasteiger partial charge in [-0.15, -0.1) is 0 Å². The van der Waals surface area contributed by atoms with Crippen molar-refractivity contribution in [1.82, 2.24) is 10.1 Å². The molecule has 152 valence electrons. The Bertz CT molecular complexity index is 1200. The number of rotatable bonds is 5. The number of carbonyl (C=O) groups is 1. The van der Waals surface area contributed by atoms with E-state index in [2.05, 4.69) is 15.5 Å². The molecular weight excluding hydrogens is 395 g/mol. The molecule has 0 saturated heterocycles. The Kier molecular flexibility index (Phi) is 5.22. The molecule has 1 heterocycles. The van der Waals surface area contributed by atoms with Gasteiger partial charge in [-0.3, -0.25) is 4.79 Å². The van der Waals surface area contributed by atoms with Crippen molar-refractivity contribution in [3.8, 4) is 11.4 Å². The van der Waals surface area contributed by atoms with E-state index in [0.29, 0.717) is 5.82 Å². The standard InChI is InChI=1S/C22H16F3N3O2/c23-22(24,25)15-7-4-8-16(13-15)26-19(29)11-12-20-27-21(28-30-20)18-10-3-6-14-5-1-2-9-17(14)18/h1-10,13H,11-12H2,(H,26,29). The number of nitrogens with one attached hydrogen (secondary N) is 1. The predicted molar refractivity (Wildman–Crippen MR) is 106 cm³/mol. The monoisotopic (exact) mass is 411 g/mol. The Balaban J connectivity index is 1.42. The maximum absolute atomic E-state index is 12.8. The van der Waals surface area contributed by atoms with Crippen molar-refractivity contribution >= 4 is 22.4 Å². The highest BCUT2D eigenvalue weighted by Crippen LogP contribution is 2.31. The highest BCUT2D eigenvalue weighted by molar-refractivity contribution is 5.95. The Hall–Kier alpha value is -3.68. The van der Waals surface area contributed by atoms with Crippen LogP contribution in [-0.2, 0) is 17.4 Å². The van der Waals surface area contributed by atoms with Crippen molar-refractivity contribution < 1.29 is 22.5 Å². The number of halogens is 3. The first-order chi connectivity index (χ1) is 14.4. The molecule has 3 aromatic carbocycles. The Morgan fingerprint density at radius 3 is 2.60 bits per heavy atom. The van der Waals surface area contributed by atoms with E-state index in [1.54, 1.807) is 0 Å². The molecule has 0 radical (unpaired) electrons. The van der Waals surface area contributed by atoms with Crippen LogP contribution in [0.5, 0.6) is 0 Å². The van der Waals surface area contributed by atoms with Crippen LogP contribution in [0.3, 0.4) is 0 Å². The van der Waals surface area contributed by atoms with Crippen LogP contribution in [0, 0.1) is 0 Å². The predicted octanol–water partition coefficient (Wildman–Crippen LogP) is 5.48. The summed E-state index contributed by atoms with van der Waals surface area (Å²) in [5, 5.41) is 8.48. The molecule has 0 spiro atoms. The lowest BCUT2D eigenvalue weighted by Crippen LogP contribution is -2.13. The molecule has 0 fully saturated rings. The van der Waals surface area contributed by atoms with Crippen LogP contribution in [0.15, 0.2) is 71.3 Å². The summed E-state index contributed by atoms with van der Waals surface area (Å²) in [7, 11) is 0. The van der Waals surface area contributed by atoms with Gasteiger partial charge in [0.1, 0.15) is 0 Å². The van der Waals surface area contributed by atoms with Gasteiger partial charge in [-0.05, 0) is 29.0 Å². The third-order valence-electron chi connectivity index (χ3n) is 4.54. The lowest BCUT2D eigenvalue weighted by atomic mass is 10.0. The summed E-state index contributed by atoms with van der Waals surface area (Å²) in [6.45, 7) is 0. The fourth-order valence-electron chi connectivity index (χ4n) is 3.10. The number of benzene rings is 3. The third kappa shape index (κ3) is 4.32. The lowest BCUT2D eigenvalue weighted by Gasteiger charge is -2.09. The molecule has 8 heteroatoms. The molecule has 30 heavy (non-hydrogen) atoms. The second-order valence-electron chi connectivity index (χ2n) is 6.67. The molecule has 0 aliphatic heterocycles. The van der Waals surface area contributed by atoms with Gasteiger partial charge in [-0.2, -0.15) is 18.2 Å². The highest BCUT2D eigenvalue weighted by atomic mass is 19.4. The quantitative estimate of drug-likeness (QED) is 0.472. The molecule has 5 nitrogen and oxygen atoms in total. The summed E-state index contributed by atoms with van der Waals surface area (Å²) in [5.41, 5.74) is 0.0743. The van der Waals surface area contributed by atoms with Gasteiger partial charge in [-0.25, -0.2) is 0 Å². The van der Waals surface area contributed by atoms with Crippen molar-refractivity contribution in [2.45, 2.75) is 19.0 Å². The fourth-order valence-corrected chi connectivity index (χ4v) is 3.10. The number of hydrogen-bond donors (Lipinski definition) is 1. The van der Waals surface area contributed by atoms with Gasteiger partial charge >= 0.3 is 6.18 Å². The van der Waals surface area contributed by atoms with Crippen molar-refractivity contribution in [3.05, 3.63) is 78.2 Å². The molecular formula is C22H16F3N3O2. The highest BCUT2D eigenvalue weighted by Gasteiger charge is 2.30. The van der Waals surface area contributed by atoms with Crippen LogP contribution < -0.4 is 5.32 Å². The SMILES string of the molecule is O=C(CCc1nc(-c2cccc3ccccc23)no1)Nc1cccc(C(F)(F)F)c1. The first kappa shape index (κ1) is 19.6. The maximum atomic E-state index is 12.8. The lowest BCUT2D eigenvalue weighted by molar-refractivity contribution is -0.137. The molecule has 4 rings (SSSR count). The minimum absolute atomic E-state index is 0.00653. The number of hydrogen-bond acceptors (Lipinski definition) is 4. The molecule has 1 amide bonds. The van der Waals surface area contributed by atoms with Crippen molar-refractivity contribution in [1.29, 1.82) is 0 Å². The van der Waals surface area contributed by atoms with E-state index in [9.17, 15) is 18.0 Å². The number of aromatic nitrogens is 2. The van der Waals surface area contributed by atoms with Crippen molar-refractivity contribution in [2.24, 2.45) is 0 Å². The summed E-state index contributed by atoms with van der Waals surface area (Å²) in [4.78, 5) is 16.5. The average molecular weight is 411 g/mol. The molecule has 0 bridgehead atoms. The summed E-state index contributed by atoms with van der Waals surface area (Å²) in [6, 6.07) is 18.1. The number of alkyl halides is 3. The molecule has 1 aromatic heterocycles. The van der Waals surface area contributed by atoms with Crippen LogP contribution in [0.25, 0.3) is 22.2 Å². The zero-order chi connectivity index (χ0) is 21.1. The first-order valence-corrected chi connectivity index (χ1v) is 9.18. The van der Waals surface area contributed by atoms with Crippen molar-refractivity contribution in [3.63, 3.8) is 0 Å². The minimum atomic E-state index is -4.47. The summed E-state index contributed by atoms with van der Waals surface area (Å²) >= 11 is 0. The summed E-state index contributed by atoms with van der Waals surface area (Å²) in [6.07, 6.45) is -4.31. The van der Waals surface area contributed by atoms with Crippen LogP contribution >= 0.6 is 0 Å². The topological polar surface area (TPSA) is 68.0 Å². The number of carbonyl (C=O) groups excluding carboxylic acids is 1. The molecule has 0 unspecified atom stereocenters. The van der Waals surface area contributed by atoms with E-state index >= 15 is 0 Å². The number of fused-ring (bicyclic) bond motifs is 1. The zero-order valence-electron chi connectivity index (χ0n) is 15.6. The number of amides is 1. The zero-order valence-corrected chi connectivity index (χ0v) is 15.6. The van der Waals surface area contributed by atoms with E-state index in [1.165, 1.54) is 12.1 Å². The molecule has 0 atom stereocenters. The normalized spacial score (nSPS) is 11.6. The second kappa shape index (κ2) is 7.98. The van der Waals surface area contributed by atoms with Crippen LogP contribution in [0.2, 0.25) is 0 Å². The summed E-state index contributed by atoms with van der Waals surface area (Å²) in [5.74, 6) is 0.247. The smallest absolute Gasteiger partial charge is 0.339 e. The van der Waals surface area contributed by atoms with Gasteiger partial charge < -0.3 is 9.84 Å². The second-order valence-corrected chi connectivity index (χ2v) is 6.67. The Labute approximate surface area is 169 Å². The minimum Gasteiger partial charge on any atom is -0.339 e. The number of aryl methyl sites for hydroxylation is 1.